The molecule has 1 aromatic heterocycles. The summed E-state index contributed by atoms with van der Waals surface area (Å²) in [5.41, 5.74) is 5.11. The summed E-state index contributed by atoms with van der Waals surface area (Å²) in [6, 6.07) is 0. The van der Waals surface area contributed by atoms with Gasteiger partial charge < -0.3 is 25.1 Å². The Labute approximate surface area is 157 Å². The molecular formula is C17H26N4O6. The van der Waals surface area contributed by atoms with E-state index < -0.39 is 24.3 Å². The smallest absolute Gasteiger partial charge is 0.308 e. The minimum absolute atomic E-state index is 0.0582. The topological polar surface area (TPSA) is 139 Å². The van der Waals surface area contributed by atoms with Crippen molar-refractivity contribution in [1.82, 2.24) is 14.8 Å². The second kappa shape index (κ2) is 9.25. The summed E-state index contributed by atoms with van der Waals surface area (Å²) >= 11 is 0. The molecule has 10 heteroatoms. The lowest BCUT2D eigenvalue weighted by atomic mass is 9.98. The van der Waals surface area contributed by atoms with Crippen LogP contribution >= 0.6 is 0 Å². The highest BCUT2D eigenvalue weighted by Gasteiger charge is 2.36. The van der Waals surface area contributed by atoms with Gasteiger partial charge in [-0.25, -0.2) is 9.67 Å². The van der Waals surface area contributed by atoms with Crippen LogP contribution in [0.25, 0.3) is 0 Å². The van der Waals surface area contributed by atoms with E-state index in [9.17, 15) is 14.7 Å². The van der Waals surface area contributed by atoms with Gasteiger partial charge in [0.15, 0.2) is 6.23 Å². The molecule has 1 saturated carbocycles. The molecule has 150 valence electrons. The number of nitrogens with two attached hydrogens (primary N) is 1. The summed E-state index contributed by atoms with van der Waals surface area (Å²) in [6.45, 7) is 0.284. The summed E-state index contributed by atoms with van der Waals surface area (Å²) in [6.07, 6.45) is 5.62. The third-order valence-corrected chi connectivity index (χ3v) is 4.85. The standard InChI is InChI=1S/C17H26N4O6/c18-16(24)17-19-10-21(20-17)14-8-12(22)13(27-14)9-26-15(23)6-7-25-11-4-2-1-3-5-11/h10-14,22H,1-9H2,(H2,18,24)/t12-,13?,14?/m0/s1. The largest absolute Gasteiger partial charge is 0.463 e. The second-order valence-corrected chi connectivity index (χ2v) is 6.91. The summed E-state index contributed by atoms with van der Waals surface area (Å²) < 4.78 is 17.9. The van der Waals surface area contributed by atoms with Crippen LogP contribution in [0, 0.1) is 0 Å². The van der Waals surface area contributed by atoms with Crippen LogP contribution in [0.2, 0.25) is 0 Å². The van der Waals surface area contributed by atoms with Crippen molar-refractivity contribution in [3.05, 3.63) is 12.2 Å². The zero-order chi connectivity index (χ0) is 19.2. The molecule has 1 aliphatic carbocycles. The van der Waals surface area contributed by atoms with E-state index in [0.717, 1.165) is 12.8 Å². The Kier molecular flexibility index (Phi) is 6.75. The van der Waals surface area contributed by atoms with Crippen LogP contribution in [-0.4, -0.2) is 63.3 Å². The summed E-state index contributed by atoms with van der Waals surface area (Å²) in [5, 5.41) is 14.0. The second-order valence-electron chi connectivity index (χ2n) is 6.91. The van der Waals surface area contributed by atoms with E-state index in [-0.39, 0.29) is 37.3 Å². The van der Waals surface area contributed by atoms with Crippen molar-refractivity contribution in [2.24, 2.45) is 5.73 Å². The highest BCUT2D eigenvalue weighted by molar-refractivity contribution is 5.88. The lowest BCUT2D eigenvalue weighted by molar-refractivity contribution is -0.152. The molecule has 27 heavy (non-hydrogen) atoms. The minimum Gasteiger partial charge on any atom is -0.463 e. The first kappa shape index (κ1) is 19.7. The fraction of sp³-hybridized carbons (Fsp3) is 0.765. The van der Waals surface area contributed by atoms with E-state index in [2.05, 4.69) is 10.1 Å². The number of aliphatic hydroxyl groups is 1. The molecule has 1 aromatic rings. The molecule has 10 nitrogen and oxygen atoms in total. The summed E-state index contributed by atoms with van der Waals surface area (Å²) in [5.74, 6) is -1.25. The molecule has 1 amide bonds. The number of hydrogen-bond donors (Lipinski definition) is 2. The van der Waals surface area contributed by atoms with Crippen LogP contribution in [0.4, 0.5) is 0 Å². The van der Waals surface area contributed by atoms with Crippen molar-refractivity contribution in [2.45, 2.75) is 69.5 Å². The summed E-state index contributed by atoms with van der Waals surface area (Å²) in [4.78, 5) is 26.7. The van der Waals surface area contributed by atoms with Crippen molar-refractivity contribution in [1.29, 1.82) is 0 Å². The molecule has 0 aromatic carbocycles. The number of aliphatic hydroxyl groups excluding tert-OH is 1. The Morgan fingerprint density at radius 1 is 1.33 bits per heavy atom. The Balaban J connectivity index is 1.37. The molecule has 3 N–H and O–H groups in total. The summed E-state index contributed by atoms with van der Waals surface area (Å²) in [7, 11) is 0. The number of primary amides is 1. The van der Waals surface area contributed by atoms with E-state index >= 15 is 0 Å². The van der Waals surface area contributed by atoms with Crippen LogP contribution in [0.5, 0.6) is 0 Å². The zero-order valence-corrected chi connectivity index (χ0v) is 15.2. The van der Waals surface area contributed by atoms with E-state index in [1.807, 2.05) is 0 Å². The zero-order valence-electron chi connectivity index (χ0n) is 15.2. The highest BCUT2D eigenvalue weighted by Crippen LogP contribution is 2.28. The molecule has 0 bridgehead atoms. The maximum absolute atomic E-state index is 11.9. The predicted molar refractivity (Wildman–Crippen MR) is 91.5 cm³/mol. The first-order chi connectivity index (χ1) is 13.0. The number of carbonyl (C=O) groups excluding carboxylic acids is 2. The van der Waals surface area contributed by atoms with E-state index in [4.69, 9.17) is 19.9 Å². The maximum Gasteiger partial charge on any atom is 0.308 e. The molecule has 2 unspecified atom stereocenters. The van der Waals surface area contributed by atoms with Gasteiger partial charge in [0.2, 0.25) is 5.82 Å². The molecule has 2 heterocycles. The average Bonchev–Trinajstić information content (AvgIpc) is 3.28. The van der Waals surface area contributed by atoms with Crippen LogP contribution < -0.4 is 5.73 Å². The van der Waals surface area contributed by atoms with Crippen molar-refractivity contribution >= 4 is 11.9 Å². The molecule has 2 fully saturated rings. The van der Waals surface area contributed by atoms with Crippen LogP contribution in [0.3, 0.4) is 0 Å². The first-order valence-electron chi connectivity index (χ1n) is 9.34. The Bertz CT molecular complexity index is 645. The molecule has 3 rings (SSSR count). The van der Waals surface area contributed by atoms with Gasteiger partial charge in [-0.1, -0.05) is 19.3 Å². The van der Waals surface area contributed by atoms with Gasteiger partial charge in [0.1, 0.15) is 19.0 Å². The van der Waals surface area contributed by atoms with Crippen LogP contribution in [0.15, 0.2) is 6.33 Å². The molecule has 0 spiro atoms. The normalized spacial score (nSPS) is 26.2. The van der Waals surface area contributed by atoms with Gasteiger partial charge in [-0.3, -0.25) is 9.59 Å². The molecule has 1 saturated heterocycles. The quantitative estimate of drug-likeness (QED) is 0.612. The van der Waals surface area contributed by atoms with Crippen molar-refractivity contribution in [2.75, 3.05) is 13.2 Å². The van der Waals surface area contributed by atoms with Gasteiger partial charge in [0.05, 0.1) is 25.2 Å². The minimum atomic E-state index is -0.817. The van der Waals surface area contributed by atoms with Gasteiger partial charge >= 0.3 is 5.97 Å². The third kappa shape index (κ3) is 5.47. The number of esters is 1. The Morgan fingerprint density at radius 3 is 2.81 bits per heavy atom. The predicted octanol–water partition coefficient (Wildman–Crippen LogP) is 0.308. The SMILES string of the molecule is NC(=O)c1ncn(C2C[C@H](O)C(COC(=O)CCOC3CCCCC3)O2)n1. The highest BCUT2D eigenvalue weighted by atomic mass is 16.6. The Hall–Kier alpha value is -2.04. The first-order valence-corrected chi connectivity index (χ1v) is 9.34. The van der Waals surface area contributed by atoms with E-state index in [1.54, 1.807) is 0 Å². The number of amides is 1. The fourth-order valence-corrected chi connectivity index (χ4v) is 3.34. The van der Waals surface area contributed by atoms with Crippen LogP contribution in [0.1, 0.15) is 61.8 Å². The van der Waals surface area contributed by atoms with Crippen molar-refractivity contribution < 1.29 is 28.9 Å². The number of aromatic nitrogens is 3. The molecule has 2 aliphatic rings. The van der Waals surface area contributed by atoms with E-state index in [1.165, 1.54) is 30.3 Å². The lowest BCUT2D eigenvalue weighted by Crippen LogP contribution is -2.28. The number of ether oxygens (including phenoxy) is 3. The molecule has 1 aliphatic heterocycles. The molecular weight excluding hydrogens is 356 g/mol. The van der Waals surface area contributed by atoms with Crippen LogP contribution in [-0.2, 0) is 19.0 Å². The van der Waals surface area contributed by atoms with Gasteiger partial charge in [-0.05, 0) is 12.8 Å². The van der Waals surface area contributed by atoms with E-state index in [0.29, 0.717) is 6.61 Å². The third-order valence-electron chi connectivity index (χ3n) is 4.85. The number of rotatable bonds is 8. The molecule has 3 atom stereocenters. The van der Waals surface area contributed by atoms with Gasteiger partial charge in [0.25, 0.3) is 5.91 Å². The van der Waals surface area contributed by atoms with Gasteiger partial charge in [0, 0.05) is 6.42 Å². The Morgan fingerprint density at radius 2 is 2.11 bits per heavy atom. The van der Waals surface area contributed by atoms with Gasteiger partial charge in [-0.2, -0.15) is 0 Å². The monoisotopic (exact) mass is 382 g/mol. The maximum atomic E-state index is 11.9. The van der Waals surface area contributed by atoms with Crippen molar-refractivity contribution in [3.8, 4) is 0 Å². The lowest BCUT2D eigenvalue weighted by Gasteiger charge is -2.21. The van der Waals surface area contributed by atoms with Crippen molar-refractivity contribution in [3.63, 3.8) is 0 Å². The average molecular weight is 382 g/mol. The fourth-order valence-electron chi connectivity index (χ4n) is 3.34. The molecule has 0 radical (unpaired) electrons. The number of nitrogens with zero attached hydrogens (tertiary/aromatic N) is 3. The number of carbonyl (C=O) groups is 2. The van der Waals surface area contributed by atoms with Gasteiger partial charge in [-0.15, -0.1) is 5.10 Å². The number of hydrogen-bond acceptors (Lipinski definition) is 8.